The summed E-state index contributed by atoms with van der Waals surface area (Å²) in [5, 5.41) is 10.6. The number of hydrogen-bond acceptors (Lipinski definition) is 3. The van der Waals surface area contributed by atoms with Gasteiger partial charge in [0.05, 0.1) is 4.92 Å². The van der Waals surface area contributed by atoms with Crippen molar-refractivity contribution in [2.45, 2.75) is 25.8 Å². The van der Waals surface area contributed by atoms with E-state index in [2.05, 4.69) is 0 Å². The molecule has 88 valence electrons. The fourth-order valence-electron chi connectivity index (χ4n) is 1.26. The largest absolute Gasteiger partial charge is 0.324 e. The maximum Gasteiger partial charge on any atom is 0.270 e. The van der Waals surface area contributed by atoms with Gasteiger partial charge in [-0.2, -0.15) is 0 Å². The number of nitro groups is 1. The summed E-state index contributed by atoms with van der Waals surface area (Å²) in [4.78, 5) is 9.87. The quantitative estimate of drug-likeness (QED) is 0.641. The van der Waals surface area contributed by atoms with Gasteiger partial charge in [-0.3, -0.25) is 10.1 Å². The zero-order valence-electron chi connectivity index (χ0n) is 8.91. The first-order valence-corrected chi connectivity index (χ1v) is 4.65. The number of non-ortho nitro benzene ring substituents is 1. The van der Waals surface area contributed by atoms with E-state index in [1.54, 1.807) is 6.92 Å². The van der Waals surface area contributed by atoms with Gasteiger partial charge in [-0.05, 0) is 18.6 Å². The molecule has 1 aromatic rings. The molecule has 0 aliphatic rings. The molecule has 0 saturated carbocycles. The van der Waals surface area contributed by atoms with E-state index >= 15 is 0 Å². The zero-order valence-corrected chi connectivity index (χ0v) is 8.91. The van der Waals surface area contributed by atoms with Gasteiger partial charge in [0.15, 0.2) is 0 Å². The van der Waals surface area contributed by atoms with Crippen LogP contribution in [0.1, 0.15) is 31.0 Å². The molecule has 0 aliphatic carbocycles. The van der Waals surface area contributed by atoms with E-state index in [1.165, 1.54) is 12.1 Å². The zero-order chi connectivity index (χ0) is 12.5. The van der Waals surface area contributed by atoms with E-state index in [9.17, 15) is 18.9 Å². The Hall–Kier alpha value is -1.56. The fraction of sp³-hybridized carbons (Fsp3) is 0.400. The monoisotopic (exact) mass is 230 g/mol. The first-order valence-electron chi connectivity index (χ1n) is 4.65. The van der Waals surface area contributed by atoms with Gasteiger partial charge in [0.25, 0.3) is 11.6 Å². The Labute approximate surface area is 91.2 Å². The second kappa shape index (κ2) is 4.13. The number of halogens is 2. The summed E-state index contributed by atoms with van der Waals surface area (Å²) in [5.41, 5.74) is 5.09. The van der Waals surface area contributed by atoms with Crippen molar-refractivity contribution in [1.82, 2.24) is 0 Å². The Morgan fingerprint density at radius 2 is 2.00 bits per heavy atom. The number of alkyl halides is 2. The van der Waals surface area contributed by atoms with Crippen LogP contribution in [-0.2, 0) is 5.92 Å². The molecular formula is C10H12F2N2O2. The van der Waals surface area contributed by atoms with E-state index in [4.69, 9.17) is 5.73 Å². The van der Waals surface area contributed by atoms with E-state index in [0.717, 1.165) is 6.07 Å². The molecule has 1 atom stereocenters. The molecule has 0 unspecified atom stereocenters. The lowest BCUT2D eigenvalue weighted by Gasteiger charge is -2.13. The van der Waals surface area contributed by atoms with Crippen LogP contribution in [0.15, 0.2) is 18.2 Å². The first-order chi connectivity index (χ1) is 7.21. The maximum absolute atomic E-state index is 13.1. The van der Waals surface area contributed by atoms with Crippen molar-refractivity contribution in [2.75, 3.05) is 0 Å². The van der Waals surface area contributed by atoms with Gasteiger partial charge in [-0.1, -0.05) is 0 Å². The molecule has 0 saturated heterocycles. The van der Waals surface area contributed by atoms with Gasteiger partial charge in [0.2, 0.25) is 0 Å². The van der Waals surface area contributed by atoms with E-state index < -0.39 is 22.5 Å². The fourth-order valence-corrected chi connectivity index (χ4v) is 1.26. The second-order valence-electron chi connectivity index (χ2n) is 3.75. The summed E-state index contributed by atoms with van der Waals surface area (Å²) in [6.07, 6.45) is 0. The van der Waals surface area contributed by atoms with Crippen molar-refractivity contribution in [3.8, 4) is 0 Å². The number of nitrogens with two attached hydrogens (primary N) is 1. The third-order valence-corrected chi connectivity index (χ3v) is 2.18. The summed E-state index contributed by atoms with van der Waals surface area (Å²) < 4.78 is 26.2. The highest BCUT2D eigenvalue weighted by Crippen LogP contribution is 2.31. The van der Waals surface area contributed by atoms with Crippen LogP contribution in [-0.4, -0.2) is 4.92 Å². The molecule has 0 spiro atoms. The SMILES string of the molecule is C[C@@H](N)c1cc([N+](=O)[O-])cc(C(C)(F)F)c1. The van der Waals surface area contributed by atoms with Gasteiger partial charge in [0, 0.05) is 30.7 Å². The van der Waals surface area contributed by atoms with E-state index in [0.29, 0.717) is 12.5 Å². The minimum absolute atomic E-state index is 0.325. The average Bonchev–Trinajstić information content (AvgIpc) is 2.15. The molecule has 0 fully saturated rings. The summed E-state index contributed by atoms with van der Waals surface area (Å²) in [6.45, 7) is 2.27. The lowest BCUT2D eigenvalue weighted by Crippen LogP contribution is -2.11. The third-order valence-electron chi connectivity index (χ3n) is 2.18. The van der Waals surface area contributed by atoms with Gasteiger partial charge < -0.3 is 5.73 Å². The third kappa shape index (κ3) is 2.73. The van der Waals surface area contributed by atoms with Crippen LogP contribution >= 0.6 is 0 Å². The van der Waals surface area contributed by atoms with Crippen LogP contribution in [0.3, 0.4) is 0 Å². The second-order valence-corrected chi connectivity index (χ2v) is 3.75. The number of hydrogen-bond donors (Lipinski definition) is 1. The molecule has 2 N–H and O–H groups in total. The molecular weight excluding hydrogens is 218 g/mol. The van der Waals surface area contributed by atoms with Crippen molar-refractivity contribution < 1.29 is 13.7 Å². The van der Waals surface area contributed by atoms with E-state index in [-0.39, 0.29) is 5.69 Å². The highest BCUT2D eigenvalue weighted by atomic mass is 19.3. The number of nitrogens with zero attached hydrogens (tertiary/aromatic N) is 1. The Balaban J connectivity index is 3.36. The van der Waals surface area contributed by atoms with Crippen molar-refractivity contribution in [2.24, 2.45) is 5.73 Å². The topological polar surface area (TPSA) is 69.2 Å². The molecule has 16 heavy (non-hydrogen) atoms. The Bertz CT molecular complexity index is 414. The van der Waals surface area contributed by atoms with Crippen LogP contribution in [0.25, 0.3) is 0 Å². The highest BCUT2D eigenvalue weighted by Gasteiger charge is 2.27. The molecule has 0 bridgehead atoms. The van der Waals surface area contributed by atoms with Gasteiger partial charge >= 0.3 is 0 Å². The summed E-state index contributed by atoms with van der Waals surface area (Å²) in [7, 11) is 0. The van der Waals surface area contributed by atoms with Gasteiger partial charge in [-0.15, -0.1) is 0 Å². The molecule has 0 aromatic heterocycles. The van der Waals surface area contributed by atoms with Crippen molar-refractivity contribution in [3.63, 3.8) is 0 Å². The Morgan fingerprint density at radius 3 is 2.38 bits per heavy atom. The number of rotatable bonds is 3. The van der Waals surface area contributed by atoms with Gasteiger partial charge in [-0.25, -0.2) is 8.78 Å². The minimum Gasteiger partial charge on any atom is -0.324 e. The predicted molar refractivity (Wildman–Crippen MR) is 55.3 cm³/mol. The summed E-state index contributed by atoms with van der Waals surface area (Å²) in [5.74, 6) is -3.12. The van der Waals surface area contributed by atoms with Crippen LogP contribution in [0, 0.1) is 10.1 Å². The van der Waals surface area contributed by atoms with Crippen LogP contribution < -0.4 is 5.73 Å². The standard InChI is InChI=1S/C10H12F2N2O2/c1-6(13)7-3-8(10(2,11)12)5-9(4-7)14(15)16/h3-6H,13H2,1-2H3/t6-/m1/s1. The molecule has 0 radical (unpaired) electrons. The average molecular weight is 230 g/mol. The lowest BCUT2D eigenvalue weighted by molar-refractivity contribution is -0.385. The molecule has 1 rings (SSSR count). The van der Waals surface area contributed by atoms with E-state index in [1.807, 2.05) is 0 Å². The Morgan fingerprint density at radius 1 is 1.44 bits per heavy atom. The maximum atomic E-state index is 13.1. The predicted octanol–water partition coefficient (Wildman–Crippen LogP) is 2.73. The Kier molecular flexibility index (Phi) is 3.23. The molecule has 6 heteroatoms. The van der Waals surface area contributed by atoms with Gasteiger partial charge in [0.1, 0.15) is 0 Å². The molecule has 0 heterocycles. The van der Waals surface area contributed by atoms with Crippen LogP contribution in [0.4, 0.5) is 14.5 Å². The first kappa shape index (κ1) is 12.5. The molecule has 0 aliphatic heterocycles. The number of nitro benzene ring substituents is 1. The summed E-state index contributed by atoms with van der Waals surface area (Å²) >= 11 is 0. The van der Waals surface area contributed by atoms with Crippen LogP contribution in [0.5, 0.6) is 0 Å². The normalized spacial score (nSPS) is 13.6. The minimum atomic E-state index is -3.12. The van der Waals surface area contributed by atoms with Crippen molar-refractivity contribution in [3.05, 3.63) is 39.4 Å². The lowest BCUT2D eigenvalue weighted by atomic mass is 10.0. The smallest absolute Gasteiger partial charge is 0.270 e. The van der Waals surface area contributed by atoms with Crippen molar-refractivity contribution >= 4 is 5.69 Å². The molecule has 0 amide bonds. The van der Waals surface area contributed by atoms with Crippen LogP contribution in [0.2, 0.25) is 0 Å². The highest BCUT2D eigenvalue weighted by molar-refractivity contribution is 5.41. The molecule has 4 nitrogen and oxygen atoms in total. The summed E-state index contributed by atoms with van der Waals surface area (Å²) in [6, 6.07) is 2.74. The number of benzene rings is 1. The van der Waals surface area contributed by atoms with Crippen molar-refractivity contribution in [1.29, 1.82) is 0 Å². The molecule has 1 aromatic carbocycles.